The average molecular weight is 288 g/mol. The van der Waals surface area contributed by atoms with E-state index in [0.29, 0.717) is 0 Å². The fraction of sp³-hybridized carbons (Fsp3) is 0.462. The monoisotopic (exact) mass is 288 g/mol. The van der Waals surface area contributed by atoms with E-state index in [2.05, 4.69) is 10.6 Å². The van der Waals surface area contributed by atoms with E-state index in [1.807, 2.05) is 0 Å². The van der Waals surface area contributed by atoms with E-state index < -0.39 is 23.9 Å². The van der Waals surface area contributed by atoms with Crippen molar-refractivity contribution in [2.45, 2.75) is 25.1 Å². The first kappa shape index (κ1) is 14.6. The van der Waals surface area contributed by atoms with Crippen molar-refractivity contribution < 1.29 is 23.1 Å². The van der Waals surface area contributed by atoms with Crippen LogP contribution in [0.5, 0.6) is 0 Å². The third-order valence-corrected chi connectivity index (χ3v) is 3.09. The van der Waals surface area contributed by atoms with Gasteiger partial charge in [0.2, 0.25) is 0 Å². The molecule has 7 heteroatoms. The molecule has 0 spiro atoms. The van der Waals surface area contributed by atoms with Crippen LogP contribution in [-0.4, -0.2) is 23.8 Å². The van der Waals surface area contributed by atoms with Gasteiger partial charge in [0, 0.05) is 12.2 Å². The van der Waals surface area contributed by atoms with Crippen LogP contribution < -0.4 is 10.6 Å². The van der Waals surface area contributed by atoms with Crippen LogP contribution in [0.4, 0.5) is 23.7 Å². The van der Waals surface area contributed by atoms with E-state index in [1.54, 1.807) is 0 Å². The summed E-state index contributed by atoms with van der Waals surface area (Å²) in [5.74, 6) is 0.226. The minimum absolute atomic E-state index is 0.0539. The standard InChI is InChI=1S/C13H15F3N2O2/c14-13(15,16)9-2-1-3-10(6-9)18-12(20)17-7-11(19)8-4-5-8/h1-3,6,8,11,19H,4-5,7H2,(H2,17,18,20). The predicted octanol–water partition coefficient (Wildman–Crippen LogP) is 2.60. The second kappa shape index (κ2) is 5.70. The normalized spacial score (nSPS) is 16.6. The van der Waals surface area contributed by atoms with Gasteiger partial charge >= 0.3 is 12.2 Å². The first-order valence-corrected chi connectivity index (χ1v) is 6.26. The summed E-state index contributed by atoms with van der Waals surface area (Å²) in [4.78, 5) is 11.5. The summed E-state index contributed by atoms with van der Waals surface area (Å²) in [5.41, 5.74) is -0.772. The summed E-state index contributed by atoms with van der Waals surface area (Å²) in [7, 11) is 0. The highest BCUT2D eigenvalue weighted by atomic mass is 19.4. The summed E-state index contributed by atoms with van der Waals surface area (Å²) in [6.45, 7) is 0.0927. The van der Waals surface area contributed by atoms with Crippen molar-refractivity contribution in [1.82, 2.24) is 5.32 Å². The Morgan fingerprint density at radius 3 is 2.70 bits per heavy atom. The molecule has 1 fully saturated rings. The number of rotatable bonds is 4. The molecule has 2 amide bonds. The van der Waals surface area contributed by atoms with E-state index in [9.17, 15) is 23.1 Å². The molecular formula is C13H15F3N2O2. The molecule has 0 aromatic heterocycles. The number of aliphatic hydroxyl groups is 1. The van der Waals surface area contributed by atoms with Gasteiger partial charge in [-0.2, -0.15) is 13.2 Å². The Morgan fingerprint density at radius 2 is 2.10 bits per heavy atom. The molecule has 1 aliphatic rings. The van der Waals surface area contributed by atoms with Crippen molar-refractivity contribution in [2.24, 2.45) is 5.92 Å². The molecule has 1 aromatic rings. The molecule has 1 atom stereocenters. The lowest BCUT2D eigenvalue weighted by atomic mass is 10.2. The highest BCUT2D eigenvalue weighted by molar-refractivity contribution is 5.89. The Bertz CT molecular complexity index is 487. The zero-order valence-electron chi connectivity index (χ0n) is 10.6. The molecule has 0 bridgehead atoms. The Hall–Kier alpha value is -1.76. The van der Waals surface area contributed by atoms with Crippen LogP contribution in [0, 0.1) is 5.92 Å². The van der Waals surface area contributed by atoms with Crippen molar-refractivity contribution >= 4 is 11.7 Å². The molecule has 0 aliphatic heterocycles. The average Bonchev–Trinajstić information content (AvgIpc) is 3.19. The van der Waals surface area contributed by atoms with Crippen LogP contribution in [0.3, 0.4) is 0 Å². The molecule has 3 N–H and O–H groups in total. The zero-order chi connectivity index (χ0) is 14.8. The van der Waals surface area contributed by atoms with E-state index >= 15 is 0 Å². The van der Waals surface area contributed by atoms with Crippen molar-refractivity contribution in [3.8, 4) is 0 Å². The van der Waals surface area contributed by atoms with Gasteiger partial charge in [-0.1, -0.05) is 6.07 Å². The Kier molecular flexibility index (Phi) is 4.17. The number of carbonyl (C=O) groups is 1. The smallest absolute Gasteiger partial charge is 0.391 e. The van der Waals surface area contributed by atoms with Gasteiger partial charge in [0.05, 0.1) is 11.7 Å². The minimum Gasteiger partial charge on any atom is -0.391 e. The number of hydrogen-bond acceptors (Lipinski definition) is 2. The fourth-order valence-electron chi connectivity index (χ4n) is 1.79. The van der Waals surface area contributed by atoms with Gasteiger partial charge in [-0.15, -0.1) is 0 Å². The fourth-order valence-corrected chi connectivity index (χ4v) is 1.79. The topological polar surface area (TPSA) is 61.4 Å². The second-order valence-electron chi connectivity index (χ2n) is 4.82. The molecular weight excluding hydrogens is 273 g/mol. The molecule has 2 rings (SSSR count). The first-order valence-electron chi connectivity index (χ1n) is 6.26. The first-order chi connectivity index (χ1) is 9.36. The number of halogens is 3. The molecule has 0 heterocycles. The Labute approximate surface area is 114 Å². The number of nitrogens with one attached hydrogen (secondary N) is 2. The van der Waals surface area contributed by atoms with E-state index in [1.165, 1.54) is 12.1 Å². The number of amides is 2. The largest absolute Gasteiger partial charge is 0.416 e. The van der Waals surface area contributed by atoms with Crippen molar-refractivity contribution in [3.05, 3.63) is 29.8 Å². The quantitative estimate of drug-likeness (QED) is 0.797. The van der Waals surface area contributed by atoms with Gasteiger partial charge in [0.1, 0.15) is 0 Å². The number of carbonyl (C=O) groups excluding carboxylic acids is 1. The summed E-state index contributed by atoms with van der Waals surface area (Å²) < 4.78 is 37.5. The summed E-state index contributed by atoms with van der Waals surface area (Å²) in [6.07, 6.45) is -3.16. The van der Waals surface area contributed by atoms with Crippen LogP contribution in [0.2, 0.25) is 0 Å². The summed E-state index contributed by atoms with van der Waals surface area (Å²) >= 11 is 0. The molecule has 110 valence electrons. The van der Waals surface area contributed by atoms with Gasteiger partial charge in [-0.05, 0) is 37.0 Å². The van der Waals surface area contributed by atoms with Gasteiger partial charge < -0.3 is 15.7 Å². The lowest BCUT2D eigenvalue weighted by Crippen LogP contribution is -2.36. The van der Waals surface area contributed by atoms with E-state index in [-0.39, 0.29) is 18.2 Å². The molecule has 4 nitrogen and oxygen atoms in total. The maximum absolute atomic E-state index is 12.5. The number of aliphatic hydroxyl groups excluding tert-OH is 1. The number of alkyl halides is 3. The summed E-state index contributed by atoms with van der Waals surface area (Å²) in [5, 5.41) is 14.3. The van der Waals surface area contributed by atoms with Crippen LogP contribution in [0.1, 0.15) is 18.4 Å². The van der Waals surface area contributed by atoms with E-state index in [0.717, 1.165) is 25.0 Å². The number of benzene rings is 1. The molecule has 20 heavy (non-hydrogen) atoms. The third-order valence-electron chi connectivity index (χ3n) is 3.09. The van der Waals surface area contributed by atoms with Gasteiger partial charge in [0.15, 0.2) is 0 Å². The Morgan fingerprint density at radius 1 is 1.40 bits per heavy atom. The lowest BCUT2D eigenvalue weighted by Gasteiger charge is -2.13. The van der Waals surface area contributed by atoms with Gasteiger partial charge in [-0.3, -0.25) is 0 Å². The summed E-state index contributed by atoms with van der Waals surface area (Å²) in [6, 6.07) is 3.74. The van der Waals surface area contributed by atoms with E-state index in [4.69, 9.17) is 0 Å². The molecule has 0 radical (unpaired) electrons. The highest BCUT2D eigenvalue weighted by Gasteiger charge is 2.31. The van der Waals surface area contributed by atoms with Crippen molar-refractivity contribution in [1.29, 1.82) is 0 Å². The van der Waals surface area contributed by atoms with Crippen LogP contribution in [0.15, 0.2) is 24.3 Å². The maximum Gasteiger partial charge on any atom is 0.416 e. The van der Waals surface area contributed by atoms with Crippen LogP contribution in [-0.2, 0) is 6.18 Å². The number of urea groups is 1. The highest BCUT2D eigenvalue weighted by Crippen LogP contribution is 2.32. The third kappa shape index (κ3) is 4.12. The number of anilines is 1. The molecule has 1 unspecified atom stereocenters. The molecule has 1 aliphatic carbocycles. The Balaban J connectivity index is 1.87. The van der Waals surface area contributed by atoms with Gasteiger partial charge in [-0.25, -0.2) is 4.79 Å². The molecule has 1 saturated carbocycles. The predicted molar refractivity (Wildman–Crippen MR) is 67.2 cm³/mol. The second-order valence-corrected chi connectivity index (χ2v) is 4.82. The SMILES string of the molecule is O=C(NCC(O)C1CC1)Nc1cccc(C(F)(F)F)c1. The number of hydrogen-bond donors (Lipinski definition) is 3. The molecule has 1 aromatic carbocycles. The zero-order valence-corrected chi connectivity index (χ0v) is 10.6. The van der Waals surface area contributed by atoms with Crippen LogP contribution >= 0.6 is 0 Å². The minimum atomic E-state index is -4.45. The molecule has 0 saturated heterocycles. The lowest BCUT2D eigenvalue weighted by molar-refractivity contribution is -0.137. The van der Waals surface area contributed by atoms with Crippen molar-refractivity contribution in [2.75, 3.05) is 11.9 Å². The maximum atomic E-state index is 12.5. The van der Waals surface area contributed by atoms with Gasteiger partial charge in [0.25, 0.3) is 0 Å². The van der Waals surface area contributed by atoms with Crippen LogP contribution in [0.25, 0.3) is 0 Å². The van der Waals surface area contributed by atoms with Crippen molar-refractivity contribution in [3.63, 3.8) is 0 Å².